The number of nitrogens with one attached hydrogen (secondary N) is 2. The summed E-state index contributed by atoms with van der Waals surface area (Å²) in [4.78, 5) is 48.9. The molecule has 0 radical (unpaired) electrons. The topological polar surface area (TPSA) is 240 Å². The van der Waals surface area contributed by atoms with Crippen molar-refractivity contribution in [2.24, 2.45) is 0 Å². The molecular weight excluding hydrogens is 1270 g/mol. The summed E-state index contributed by atoms with van der Waals surface area (Å²) in [7, 11) is -0.327. The summed E-state index contributed by atoms with van der Waals surface area (Å²) in [5.74, 6) is -0.962. The van der Waals surface area contributed by atoms with Crippen LogP contribution in [-0.4, -0.2) is 228 Å². The molecule has 22 nitrogen and oxygen atoms in total. The van der Waals surface area contributed by atoms with Crippen molar-refractivity contribution in [1.82, 2.24) is 15.2 Å². The smallest absolute Gasteiger partial charge is 0.383 e. The Labute approximate surface area is 563 Å². The van der Waals surface area contributed by atoms with E-state index in [-0.39, 0.29) is 47.6 Å². The normalized spacial score (nSPS) is 11.7. The number of alkyl halides is 3. The molecule has 1 aromatic heterocycles. The fraction of sp³-hybridized carbons (Fsp3) is 0.543. The lowest BCUT2D eigenvalue weighted by molar-refractivity contribution is -0.137. The molecule has 0 atom stereocenters. The van der Waals surface area contributed by atoms with Gasteiger partial charge in [-0.25, -0.2) is 8.42 Å². The lowest BCUT2D eigenvalue weighted by atomic mass is 10.0. The van der Waals surface area contributed by atoms with Gasteiger partial charge in [-0.2, -0.15) is 13.2 Å². The van der Waals surface area contributed by atoms with Crippen molar-refractivity contribution in [2.75, 3.05) is 202 Å². The van der Waals surface area contributed by atoms with E-state index in [0.717, 1.165) is 42.0 Å². The van der Waals surface area contributed by atoms with E-state index in [4.69, 9.17) is 56.8 Å². The molecule has 2 N–H and O–H groups in total. The maximum atomic E-state index is 13.8. The molecule has 3 amide bonds. The molecule has 0 aliphatic rings. The number of hydrogen-bond donors (Lipinski definition) is 2. The number of methoxy groups -OCH3 is 2. The number of aromatic nitrogens is 1. The standard InChI is InChI=1S/C70H98F3N5O17S/c1-5-77(6-2)62-19-22-65(64(54-62)66-53-60(24-25-74-66)68(80)75-55-58-12-8-15-61(52-58)70(71,72)73)76-69(81)59-14-7-11-57(51-59)13-9-28-86-34-37-90-42-43-91-38-35-87-29-10-50-96(82,83)63-20-16-56(17-21-63)18-23-67(79)78(26-30-84-3)27-31-88-36-39-92-44-45-94-48-49-95-47-46-93-41-40-89-33-32-85-4/h7-8,11-12,14-17,19-22,24-25,51-54H,5-6,9-10,13,18,23,26-50,55H2,1-4H3,(H,75,80)(H,76,81). The minimum atomic E-state index is -4.51. The molecule has 26 heteroatoms. The molecule has 0 aliphatic heterocycles. The largest absolute Gasteiger partial charge is 0.416 e. The number of rotatable bonds is 54. The number of sulfone groups is 1. The van der Waals surface area contributed by atoms with E-state index in [9.17, 15) is 36.0 Å². The van der Waals surface area contributed by atoms with Crippen molar-refractivity contribution in [3.63, 3.8) is 0 Å². The zero-order valence-corrected chi connectivity index (χ0v) is 56.9. The highest BCUT2D eigenvalue weighted by molar-refractivity contribution is 7.91. The van der Waals surface area contributed by atoms with Crippen LogP contribution in [0.2, 0.25) is 0 Å². The van der Waals surface area contributed by atoms with Crippen molar-refractivity contribution in [2.45, 2.75) is 63.6 Å². The van der Waals surface area contributed by atoms with Gasteiger partial charge in [0.15, 0.2) is 9.84 Å². The summed E-state index contributed by atoms with van der Waals surface area (Å²) >= 11 is 0. The van der Waals surface area contributed by atoms with Crippen molar-refractivity contribution >= 4 is 38.9 Å². The number of aryl methyl sites for hydroxylation is 2. The molecule has 0 spiro atoms. The quantitative estimate of drug-likeness (QED) is 0.0346. The highest BCUT2D eigenvalue weighted by Crippen LogP contribution is 2.33. The van der Waals surface area contributed by atoms with E-state index in [2.05, 4.69) is 20.5 Å². The van der Waals surface area contributed by atoms with Gasteiger partial charge in [-0.15, -0.1) is 0 Å². The fourth-order valence-corrected chi connectivity index (χ4v) is 10.8. The first-order valence-corrected chi connectivity index (χ1v) is 34.4. The predicted octanol–water partition coefficient (Wildman–Crippen LogP) is 8.81. The first kappa shape index (κ1) is 80.2. The summed E-state index contributed by atoms with van der Waals surface area (Å²) in [5.41, 5.74) is 4.36. The van der Waals surface area contributed by atoms with Gasteiger partial charge in [-0.1, -0.05) is 36.4 Å². The molecule has 0 saturated carbocycles. The zero-order valence-electron chi connectivity index (χ0n) is 56.1. The molecule has 0 saturated heterocycles. The molecule has 5 aromatic rings. The summed E-state index contributed by atoms with van der Waals surface area (Å²) < 4.78 is 132. The van der Waals surface area contributed by atoms with Crippen LogP contribution in [0.15, 0.2) is 114 Å². The minimum Gasteiger partial charge on any atom is -0.383 e. The minimum absolute atomic E-state index is 0.0537. The fourth-order valence-electron chi connectivity index (χ4n) is 9.53. The van der Waals surface area contributed by atoms with Gasteiger partial charge in [0.05, 0.1) is 160 Å². The monoisotopic (exact) mass is 1370 g/mol. The third kappa shape index (κ3) is 32.2. The SMILES string of the molecule is CCN(CC)c1ccc(NC(=O)c2cccc(CCCOCCOCCOCCOCCCS(=O)(=O)c3ccc(CCC(=O)N(CCOC)CCOCCOCCOCCOCCOCCOCCOC)cc3)c2)c(-c2cc(C(=O)NCc3cccc(C(F)(F)F)c3)ccn2)c1. The number of carbonyl (C=O) groups is 3. The first-order valence-electron chi connectivity index (χ1n) is 32.7. The second-order valence-electron chi connectivity index (χ2n) is 21.8. The van der Waals surface area contributed by atoms with Gasteiger partial charge < -0.3 is 77.3 Å². The number of halogens is 3. The van der Waals surface area contributed by atoms with Gasteiger partial charge in [-0.3, -0.25) is 19.4 Å². The van der Waals surface area contributed by atoms with Gasteiger partial charge in [0.1, 0.15) is 0 Å². The highest BCUT2D eigenvalue weighted by Gasteiger charge is 2.30. The number of nitrogens with zero attached hydrogens (tertiary/aromatic N) is 3. The molecule has 4 aromatic carbocycles. The van der Waals surface area contributed by atoms with E-state index in [1.54, 1.807) is 61.6 Å². The van der Waals surface area contributed by atoms with Crippen LogP contribution < -0.4 is 15.5 Å². The Kier molecular flexibility index (Phi) is 39.6. The Bertz CT molecular complexity index is 3090. The maximum absolute atomic E-state index is 13.8. The Hall–Kier alpha value is -6.50. The molecule has 0 aliphatic carbocycles. The Morgan fingerprint density at radius 2 is 1.03 bits per heavy atom. The highest BCUT2D eigenvalue weighted by atomic mass is 32.2. The summed E-state index contributed by atoms with van der Waals surface area (Å²) in [6, 6.07) is 27.5. The van der Waals surface area contributed by atoms with Crippen LogP contribution in [0.5, 0.6) is 0 Å². The molecule has 0 fully saturated rings. The van der Waals surface area contributed by atoms with Crippen LogP contribution in [-0.2, 0) is 97.0 Å². The number of benzene rings is 4. The van der Waals surface area contributed by atoms with Crippen LogP contribution in [0.4, 0.5) is 24.5 Å². The van der Waals surface area contributed by atoms with Crippen molar-refractivity contribution in [1.29, 1.82) is 0 Å². The van der Waals surface area contributed by atoms with Crippen LogP contribution in [0.3, 0.4) is 0 Å². The third-order valence-corrected chi connectivity index (χ3v) is 16.6. The number of ether oxygens (including phenoxy) is 12. The number of anilines is 2. The third-order valence-electron chi connectivity index (χ3n) is 14.8. The molecule has 1 heterocycles. The second kappa shape index (κ2) is 47.4. The van der Waals surface area contributed by atoms with Crippen molar-refractivity contribution in [3.8, 4) is 11.3 Å². The molecular formula is C70H98F3N5O17S. The number of carbonyl (C=O) groups excluding carboxylic acids is 3. The van der Waals surface area contributed by atoms with Crippen molar-refractivity contribution < 1.29 is 92.8 Å². The number of hydrogen-bond acceptors (Lipinski definition) is 19. The Morgan fingerprint density at radius 3 is 1.60 bits per heavy atom. The van der Waals surface area contributed by atoms with E-state index in [0.29, 0.717) is 206 Å². The van der Waals surface area contributed by atoms with Gasteiger partial charge in [0.25, 0.3) is 11.8 Å². The Balaban J connectivity index is 0.876. The number of amides is 3. The molecule has 5 rings (SSSR count). The van der Waals surface area contributed by atoms with Crippen LogP contribution in [0.1, 0.15) is 76.1 Å². The summed E-state index contributed by atoms with van der Waals surface area (Å²) in [5, 5.41) is 5.75. The lowest BCUT2D eigenvalue weighted by Crippen LogP contribution is -2.36. The molecule has 96 heavy (non-hydrogen) atoms. The van der Waals surface area contributed by atoms with E-state index in [1.165, 1.54) is 24.4 Å². The number of pyridine rings is 1. The predicted molar refractivity (Wildman–Crippen MR) is 359 cm³/mol. The zero-order chi connectivity index (χ0) is 68.9. The van der Waals surface area contributed by atoms with Crippen LogP contribution in [0.25, 0.3) is 11.3 Å². The first-order chi connectivity index (χ1) is 46.6. The average Bonchev–Trinajstić information content (AvgIpc) is 0.826. The Morgan fingerprint density at radius 1 is 0.510 bits per heavy atom. The van der Waals surface area contributed by atoms with Crippen LogP contribution >= 0.6 is 0 Å². The van der Waals surface area contributed by atoms with Gasteiger partial charge in [-0.05, 0) is 123 Å². The van der Waals surface area contributed by atoms with Crippen molar-refractivity contribution in [3.05, 3.63) is 143 Å². The lowest BCUT2D eigenvalue weighted by Gasteiger charge is -2.23. The molecule has 532 valence electrons. The molecule has 0 unspecified atom stereocenters. The average molecular weight is 1370 g/mol. The maximum Gasteiger partial charge on any atom is 0.416 e. The molecule has 0 bridgehead atoms. The van der Waals surface area contributed by atoms with Gasteiger partial charge in [0, 0.05) is 95.2 Å². The second-order valence-corrected chi connectivity index (χ2v) is 23.9. The van der Waals surface area contributed by atoms with Gasteiger partial charge in [0.2, 0.25) is 5.91 Å². The van der Waals surface area contributed by atoms with E-state index < -0.39 is 27.5 Å². The van der Waals surface area contributed by atoms with E-state index in [1.807, 2.05) is 44.2 Å². The van der Waals surface area contributed by atoms with Gasteiger partial charge >= 0.3 is 6.18 Å². The summed E-state index contributed by atoms with van der Waals surface area (Å²) in [6.45, 7) is 15.5. The summed E-state index contributed by atoms with van der Waals surface area (Å²) in [6.07, 6.45) is -0.640. The van der Waals surface area contributed by atoms with E-state index >= 15 is 0 Å². The van der Waals surface area contributed by atoms with Crippen LogP contribution in [0, 0.1) is 0 Å².